The summed E-state index contributed by atoms with van der Waals surface area (Å²) in [6.45, 7) is 1.46. The minimum Gasteiger partial charge on any atom is -0.376 e. The maximum atomic E-state index is 11.9. The Bertz CT molecular complexity index is 801. The van der Waals surface area contributed by atoms with Crippen molar-refractivity contribution in [3.05, 3.63) is 48.9 Å². The van der Waals surface area contributed by atoms with E-state index in [0.29, 0.717) is 13.1 Å². The van der Waals surface area contributed by atoms with Crippen molar-refractivity contribution in [1.29, 1.82) is 0 Å². The summed E-state index contributed by atoms with van der Waals surface area (Å²) >= 11 is 0. The third-order valence-electron chi connectivity index (χ3n) is 3.69. The Labute approximate surface area is 140 Å². The SMILES string of the molecule is CN(CCNC(=O)CNc1ccccc1)c1ncnc2[nH]ccc12. The van der Waals surface area contributed by atoms with E-state index in [0.717, 1.165) is 22.5 Å². The number of hydrogen-bond acceptors (Lipinski definition) is 5. The number of aromatic nitrogens is 3. The molecule has 0 aliphatic carbocycles. The molecule has 0 fully saturated rings. The lowest BCUT2D eigenvalue weighted by Gasteiger charge is -2.19. The average Bonchev–Trinajstić information content (AvgIpc) is 3.09. The minimum absolute atomic E-state index is 0.0401. The smallest absolute Gasteiger partial charge is 0.239 e. The molecule has 124 valence electrons. The lowest BCUT2D eigenvalue weighted by molar-refractivity contribution is -0.119. The molecule has 0 atom stereocenters. The molecule has 0 spiro atoms. The molecule has 3 aromatic rings. The average molecular weight is 324 g/mol. The van der Waals surface area contributed by atoms with E-state index in [4.69, 9.17) is 0 Å². The van der Waals surface area contributed by atoms with Gasteiger partial charge in [-0.2, -0.15) is 0 Å². The number of benzene rings is 1. The van der Waals surface area contributed by atoms with Crippen LogP contribution in [-0.2, 0) is 4.79 Å². The fourth-order valence-electron chi connectivity index (χ4n) is 2.43. The Morgan fingerprint density at radius 1 is 1.21 bits per heavy atom. The van der Waals surface area contributed by atoms with Crippen LogP contribution in [0.3, 0.4) is 0 Å². The highest BCUT2D eigenvalue weighted by molar-refractivity contribution is 5.87. The number of H-pyrrole nitrogens is 1. The van der Waals surface area contributed by atoms with Crippen molar-refractivity contribution in [1.82, 2.24) is 20.3 Å². The third-order valence-corrected chi connectivity index (χ3v) is 3.69. The van der Waals surface area contributed by atoms with Crippen molar-refractivity contribution in [3.63, 3.8) is 0 Å². The number of para-hydroxylation sites is 1. The first-order valence-corrected chi connectivity index (χ1v) is 7.79. The zero-order valence-electron chi connectivity index (χ0n) is 13.5. The summed E-state index contributed by atoms with van der Waals surface area (Å²) in [6, 6.07) is 11.6. The molecule has 1 amide bonds. The molecule has 3 N–H and O–H groups in total. The molecule has 7 nitrogen and oxygen atoms in total. The summed E-state index contributed by atoms with van der Waals surface area (Å²) in [5, 5.41) is 6.96. The summed E-state index contributed by atoms with van der Waals surface area (Å²) < 4.78 is 0. The van der Waals surface area contributed by atoms with Gasteiger partial charge in [-0.3, -0.25) is 4.79 Å². The van der Waals surface area contributed by atoms with Gasteiger partial charge in [-0.15, -0.1) is 0 Å². The molecule has 0 saturated carbocycles. The minimum atomic E-state index is -0.0401. The van der Waals surface area contributed by atoms with E-state index < -0.39 is 0 Å². The van der Waals surface area contributed by atoms with Crippen LogP contribution >= 0.6 is 0 Å². The Kier molecular flexibility index (Phi) is 4.90. The van der Waals surface area contributed by atoms with Crippen molar-refractivity contribution >= 4 is 28.4 Å². The van der Waals surface area contributed by atoms with Crippen LogP contribution in [0.1, 0.15) is 0 Å². The first-order chi connectivity index (χ1) is 11.7. The van der Waals surface area contributed by atoms with Gasteiger partial charge in [0.15, 0.2) is 0 Å². The number of hydrogen-bond donors (Lipinski definition) is 3. The van der Waals surface area contributed by atoms with Crippen LogP contribution < -0.4 is 15.5 Å². The summed E-state index contributed by atoms with van der Waals surface area (Å²) in [6.07, 6.45) is 3.38. The van der Waals surface area contributed by atoms with E-state index in [1.54, 1.807) is 0 Å². The number of carbonyl (C=O) groups excluding carboxylic acids is 1. The molecule has 0 saturated heterocycles. The maximum Gasteiger partial charge on any atom is 0.239 e. The summed E-state index contributed by atoms with van der Waals surface area (Å²) in [5.74, 6) is 0.805. The van der Waals surface area contributed by atoms with Crippen LogP contribution in [0.4, 0.5) is 11.5 Å². The van der Waals surface area contributed by atoms with Crippen molar-refractivity contribution in [2.45, 2.75) is 0 Å². The van der Waals surface area contributed by atoms with Gasteiger partial charge in [0.25, 0.3) is 0 Å². The van der Waals surface area contributed by atoms with Gasteiger partial charge in [0.2, 0.25) is 5.91 Å². The number of anilines is 2. The van der Waals surface area contributed by atoms with Gasteiger partial charge in [-0.25, -0.2) is 9.97 Å². The molecule has 1 aromatic carbocycles. The van der Waals surface area contributed by atoms with E-state index in [1.165, 1.54) is 6.33 Å². The van der Waals surface area contributed by atoms with E-state index in [2.05, 4.69) is 25.6 Å². The normalized spacial score (nSPS) is 10.5. The lowest BCUT2D eigenvalue weighted by Crippen LogP contribution is -2.36. The number of aromatic amines is 1. The highest BCUT2D eigenvalue weighted by Crippen LogP contribution is 2.20. The van der Waals surface area contributed by atoms with Crippen LogP contribution in [0.2, 0.25) is 0 Å². The molecule has 0 bridgehead atoms. The fraction of sp³-hybridized carbons (Fsp3) is 0.235. The number of rotatable bonds is 7. The second-order valence-electron chi connectivity index (χ2n) is 5.43. The van der Waals surface area contributed by atoms with Crippen LogP contribution in [0, 0.1) is 0 Å². The molecule has 0 radical (unpaired) electrons. The van der Waals surface area contributed by atoms with Gasteiger partial charge in [0.05, 0.1) is 11.9 Å². The van der Waals surface area contributed by atoms with Crippen LogP contribution in [0.15, 0.2) is 48.9 Å². The number of fused-ring (bicyclic) bond motifs is 1. The van der Waals surface area contributed by atoms with Crippen molar-refractivity contribution in [2.75, 3.05) is 36.9 Å². The molecule has 0 aliphatic rings. The Hall–Kier alpha value is -3.09. The number of likely N-dealkylation sites (N-methyl/N-ethyl adjacent to an activating group) is 1. The predicted octanol–water partition coefficient (Wildman–Crippen LogP) is 1.62. The van der Waals surface area contributed by atoms with E-state index >= 15 is 0 Å². The monoisotopic (exact) mass is 324 g/mol. The van der Waals surface area contributed by atoms with Gasteiger partial charge in [-0.05, 0) is 18.2 Å². The number of carbonyl (C=O) groups is 1. The van der Waals surface area contributed by atoms with Gasteiger partial charge >= 0.3 is 0 Å². The second-order valence-corrected chi connectivity index (χ2v) is 5.43. The van der Waals surface area contributed by atoms with Crippen molar-refractivity contribution in [2.24, 2.45) is 0 Å². The van der Waals surface area contributed by atoms with E-state index in [-0.39, 0.29) is 12.5 Å². The Morgan fingerprint density at radius 3 is 2.88 bits per heavy atom. The lowest BCUT2D eigenvalue weighted by atomic mass is 10.3. The van der Waals surface area contributed by atoms with Gasteiger partial charge in [-0.1, -0.05) is 18.2 Å². The molecule has 3 rings (SSSR count). The van der Waals surface area contributed by atoms with Crippen LogP contribution in [0.5, 0.6) is 0 Å². The highest BCUT2D eigenvalue weighted by Gasteiger charge is 2.09. The number of amides is 1. The zero-order valence-corrected chi connectivity index (χ0v) is 13.5. The Balaban J connectivity index is 1.46. The standard InChI is InChI=1S/C17H20N6O/c1-23(17-14-7-8-19-16(14)21-12-22-17)10-9-18-15(24)11-20-13-5-3-2-4-6-13/h2-8,12,20H,9-11H2,1H3,(H,18,24)(H,19,21,22). The van der Waals surface area contributed by atoms with Gasteiger partial charge < -0.3 is 20.5 Å². The molecule has 7 heteroatoms. The topological polar surface area (TPSA) is 85.9 Å². The first-order valence-electron chi connectivity index (χ1n) is 7.79. The summed E-state index contributed by atoms with van der Waals surface area (Å²) in [7, 11) is 1.95. The molecule has 2 heterocycles. The summed E-state index contributed by atoms with van der Waals surface area (Å²) in [4.78, 5) is 25.4. The predicted molar refractivity (Wildman–Crippen MR) is 95.1 cm³/mol. The first kappa shape index (κ1) is 15.8. The van der Waals surface area contributed by atoms with Gasteiger partial charge in [0.1, 0.15) is 17.8 Å². The Morgan fingerprint density at radius 2 is 2.04 bits per heavy atom. The molecular formula is C17H20N6O. The summed E-state index contributed by atoms with van der Waals surface area (Å²) in [5.41, 5.74) is 1.74. The molecule has 0 unspecified atom stereocenters. The number of nitrogens with one attached hydrogen (secondary N) is 3. The largest absolute Gasteiger partial charge is 0.376 e. The fourth-order valence-corrected chi connectivity index (χ4v) is 2.43. The molecule has 0 aliphatic heterocycles. The van der Waals surface area contributed by atoms with Crippen molar-refractivity contribution in [3.8, 4) is 0 Å². The quantitative estimate of drug-likeness (QED) is 0.615. The molecular weight excluding hydrogens is 304 g/mol. The third kappa shape index (κ3) is 3.81. The number of nitrogens with zero attached hydrogens (tertiary/aromatic N) is 3. The zero-order chi connectivity index (χ0) is 16.8. The highest BCUT2D eigenvalue weighted by atomic mass is 16.1. The maximum absolute atomic E-state index is 11.9. The molecule has 2 aromatic heterocycles. The van der Waals surface area contributed by atoms with E-state index in [9.17, 15) is 4.79 Å². The van der Waals surface area contributed by atoms with Gasteiger partial charge in [0, 0.05) is 32.0 Å². The van der Waals surface area contributed by atoms with Crippen LogP contribution in [-0.4, -0.2) is 47.5 Å². The van der Waals surface area contributed by atoms with E-state index in [1.807, 2.05) is 54.5 Å². The van der Waals surface area contributed by atoms with Crippen molar-refractivity contribution < 1.29 is 4.79 Å². The second kappa shape index (κ2) is 7.45. The van der Waals surface area contributed by atoms with Crippen LogP contribution in [0.25, 0.3) is 11.0 Å². The molecule has 24 heavy (non-hydrogen) atoms.